The zero-order valence-corrected chi connectivity index (χ0v) is 13.0. The Kier molecular flexibility index (Phi) is 4.78. The Bertz CT molecular complexity index is 658. The maximum atomic E-state index is 13.1. The summed E-state index contributed by atoms with van der Waals surface area (Å²) in [5, 5.41) is 0.374. The smallest absolute Gasteiger partial charge is 0.159 e. The highest BCUT2D eigenvalue weighted by molar-refractivity contribution is 9.10. The van der Waals surface area contributed by atoms with Crippen LogP contribution in [0.25, 0.3) is 0 Å². The third-order valence-corrected chi connectivity index (χ3v) is 3.62. The third kappa shape index (κ3) is 3.58. The number of hydrogen-bond acceptors (Lipinski definition) is 2. The van der Waals surface area contributed by atoms with E-state index in [2.05, 4.69) is 15.9 Å². The molecule has 5 heteroatoms. The standard InChI is InChI=1S/C15H11BrClFO2/c1-9(19)11-3-5-15(13(17)7-11)20-8-10-2-4-14(18)12(16)6-10/h2-7H,8H2,1H3. The fourth-order valence-corrected chi connectivity index (χ4v) is 2.29. The molecular weight excluding hydrogens is 347 g/mol. The average molecular weight is 358 g/mol. The molecule has 104 valence electrons. The van der Waals surface area contributed by atoms with Crippen molar-refractivity contribution in [1.82, 2.24) is 0 Å². The summed E-state index contributed by atoms with van der Waals surface area (Å²) in [6.07, 6.45) is 0. The zero-order chi connectivity index (χ0) is 14.7. The van der Waals surface area contributed by atoms with Gasteiger partial charge in [0.1, 0.15) is 18.2 Å². The summed E-state index contributed by atoms with van der Waals surface area (Å²) in [4.78, 5) is 11.2. The summed E-state index contributed by atoms with van der Waals surface area (Å²) in [7, 11) is 0. The van der Waals surface area contributed by atoms with Crippen molar-refractivity contribution in [2.75, 3.05) is 0 Å². The summed E-state index contributed by atoms with van der Waals surface area (Å²) in [6.45, 7) is 1.74. The molecule has 0 saturated carbocycles. The number of carbonyl (C=O) groups excluding carboxylic acids is 1. The van der Waals surface area contributed by atoms with Crippen LogP contribution in [-0.4, -0.2) is 5.78 Å². The molecule has 0 aliphatic heterocycles. The van der Waals surface area contributed by atoms with Crippen molar-refractivity contribution in [3.8, 4) is 5.75 Å². The SMILES string of the molecule is CC(=O)c1ccc(OCc2ccc(F)c(Br)c2)c(Cl)c1. The second-order valence-corrected chi connectivity index (χ2v) is 5.50. The molecule has 0 radical (unpaired) electrons. The lowest BCUT2D eigenvalue weighted by atomic mass is 10.1. The van der Waals surface area contributed by atoms with Crippen LogP contribution in [0.3, 0.4) is 0 Å². The van der Waals surface area contributed by atoms with Gasteiger partial charge in [-0.25, -0.2) is 4.39 Å². The van der Waals surface area contributed by atoms with Gasteiger partial charge in [-0.1, -0.05) is 17.7 Å². The second kappa shape index (κ2) is 6.37. The van der Waals surface area contributed by atoms with Crippen LogP contribution in [0.2, 0.25) is 5.02 Å². The van der Waals surface area contributed by atoms with E-state index in [4.69, 9.17) is 16.3 Å². The van der Waals surface area contributed by atoms with Gasteiger partial charge in [0.15, 0.2) is 5.78 Å². The molecule has 0 aromatic heterocycles. The topological polar surface area (TPSA) is 26.3 Å². The van der Waals surface area contributed by atoms with Gasteiger partial charge in [-0.05, 0) is 58.7 Å². The monoisotopic (exact) mass is 356 g/mol. The van der Waals surface area contributed by atoms with E-state index >= 15 is 0 Å². The summed E-state index contributed by atoms with van der Waals surface area (Å²) in [5.41, 5.74) is 1.34. The summed E-state index contributed by atoms with van der Waals surface area (Å²) >= 11 is 9.17. The van der Waals surface area contributed by atoms with Gasteiger partial charge >= 0.3 is 0 Å². The fourth-order valence-electron chi connectivity index (χ4n) is 1.63. The molecule has 2 aromatic carbocycles. The molecule has 2 rings (SSSR count). The number of rotatable bonds is 4. The molecule has 0 saturated heterocycles. The number of hydrogen-bond donors (Lipinski definition) is 0. The lowest BCUT2D eigenvalue weighted by Crippen LogP contribution is -1.98. The normalized spacial score (nSPS) is 10.4. The summed E-state index contributed by atoms with van der Waals surface area (Å²) in [5.74, 6) is 0.107. The van der Waals surface area contributed by atoms with Gasteiger partial charge in [0.2, 0.25) is 0 Å². The lowest BCUT2D eigenvalue weighted by Gasteiger charge is -2.09. The maximum absolute atomic E-state index is 13.1. The Balaban J connectivity index is 2.10. The maximum Gasteiger partial charge on any atom is 0.159 e. The van der Waals surface area contributed by atoms with Gasteiger partial charge in [-0.3, -0.25) is 4.79 Å². The minimum atomic E-state index is -0.322. The van der Waals surface area contributed by atoms with Gasteiger partial charge in [-0.2, -0.15) is 0 Å². The molecule has 0 spiro atoms. The van der Waals surface area contributed by atoms with Gasteiger partial charge in [0.05, 0.1) is 9.50 Å². The Labute approximate surface area is 129 Å². The average Bonchev–Trinajstić information content (AvgIpc) is 2.41. The molecular formula is C15H11BrClFO2. The van der Waals surface area contributed by atoms with E-state index in [1.165, 1.54) is 13.0 Å². The van der Waals surface area contributed by atoms with Crippen LogP contribution in [0, 0.1) is 5.82 Å². The quantitative estimate of drug-likeness (QED) is 0.718. The van der Waals surface area contributed by atoms with Crippen LogP contribution < -0.4 is 4.74 Å². The Morgan fingerprint density at radius 3 is 2.65 bits per heavy atom. The minimum Gasteiger partial charge on any atom is -0.487 e. The molecule has 2 aromatic rings. The molecule has 0 aliphatic carbocycles. The molecule has 0 N–H and O–H groups in total. The molecule has 0 fully saturated rings. The number of ketones is 1. The molecule has 0 bridgehead atoms. The molecule has 0 heterocycles. The van der Waals surface area contributed by atoms with E-state index < -0.39 is 0 Å². The van der Waals surface area contributed by atoms with Crippen molar-refractivity contribution in [2.45, 2.75) is 13.5 Å². The van der Waals surface area contributed by atoms with E-state index in [0.717, 1.165) is 5.56 Å². The van der Waals surface area contributed by atoms with Crippen LogP contribution >= 0.6 is 27.5 Å². The molecule has 2 nitrogen and oxygen atoms in total. The van der Waals surface area contributed by atoms with Crippen molar-refractivity contribution < 1.29 is 13.9 Å². The number of Topliss-reactive ketones (excluding diaryl/α,β-unsaturated/α-hetero) is 1. The predicted octanol–water partition coefficient (Wildman–Crippen LogP) is 5.02. The van der Waals surface area contributed by atoms with E-state index in [9.17, 15) is 9.18 Å². The highest BCUT2D eigenvalue weighted by atomic mass is 79.9. The second-order valence-electron chi connectivity index (χ2n) is 4.24. The van der Waals surface area contributed by atoms with Gasteiger partial charge in [0, 0.05) is 5.56 Å². The summed E-state index contributed by atoms with van der Waals surface area (Å²) < 4.78 is 19.1. The molecule has 20 heavy (non-hydrogen) atoms. The van der Waals surface area contributed by atoms with Gasteiger partial charge in [0.25, 0.3) is 0 Å². The first kappa shape index (κ1) is 15.0. The molecule has 0 amide bonds. The first-order valence-electron chi connectivity index (χ1n) is 5.84. The van der Waals surface area contributed by atoms with Crippen molar-refractivity contribution in [3.05, 3.63) is 62.8 Å². The van der Waals surface area contributed by atoms with Crippen LogP contribution in [0.4, 0.5) is 4.39 Å². The fraction of sp³-hybridized carbons (Fsp3) is 0.133. The Morgan fingerprint density at radius 2 is 2.05 bits per heavy atom. The largest absolute Gasteiger partial charge is 0.487 e. The highest BCUT2D eigenvalue weighted by Crippen LogP contribution is 2.27. The summed E-state index contributed by atoms with van der Waals surface area (Å²) in [6, 6.07) is 9.52. The number of carbonyl (C=O) groups is 1. The lowest BCUT2D eigenvalue weighted by molar-refractivity contribution is 0.101. The van der Waals surface area contributed by atoms with Crippen molar-refractivity contribution in [1.29, 1.82) is 0 Å². The van der Waals surface area contributed by atoms with E-state index in [1.54, 1.807) is 30.3 Å². The van der Waals surface area contributed by atoms with E-state index in [0.29, 0.717) is 20.8 Å². The highest BCUT2D eigenvalue weighted by Gasteiger charge is 2.07. The number of benzene rings is 2. The van der Waals surface area contributed by atoms with Crippen LogP contribution in [-0.2, 0) is 6.61 Å². The van der Waals surface area contributed by atoms with Gasteiger partial charge in [-0.15, -0.1) is 0 Å². The van der Waals surface area contributed by atoms with Crippen LogP contribution in [0.1, 0.15) is 22.8 Å². The molecule has 0 atom stereocenters. The zero-order valence-electron chi connectivity index (χ0n) is 10.6. The van der Waals surface area contributed by atoms with Crippen molar-refractivity contribution in [2.24, 2.45) is 0 Å². The first-order valence-corrected chi connectivity index (χ1v) is 7.01. The molecule has 0 aliphatic rings. The van der Waals surface area contributed by atoms with Crippen LogP contribution in [0.15, 0.2) is 40.9 Å². The number of ether oxygens (including phenoxy) is 1. The van der Waals surface area contributed by atoms with E-state index in [-0.39, 0.29) is 18.2 Å². The van der Waals surface area contributed by atoms with Gasteiger partial charge < -0.3 is 4.74 Å². The molecule has 0 unspecified atom stereocenters. The van der Waals surface area contributed by atoms with Crippen LogP contribution in [0.5, 0.6) is 5.75 Å². The Hall–Kier alpha value is -1.39. The number of halogens is 3. The first-order chi connectivity index (χ1) is 9.47. The Morgan fingerprint density at radius 1 is 1.30 bits per heavy atom. The predicted molar refractivity (Wildman–Crippen MR) is 79.9 cm³/mol. The minimum absolute atomic E-state index is 0.0547. The van der Waals surface area contributed by atoms with Crippen molar-refractivity contribution in [3.63, 3.8) is 0 Å². The van der Waals surface area contributed by atoms with Crippen molar-refractivity contribution >= 4 is 33.3 Å². The van der Waals surface area contributed by atoms with E-state index in [1.807, 2.05) is 0 Å². The third-order valence-electron chi connectivity index (χ3n) is 2.72.